The minimum absolute atomic E-state index is 0.102. The van der Waals surface area contributed by atoms with Gasteiger partial charge in [-0.2, -0.15) is 11.8 Å². The van der Waals surface area contributed by atoms with Gasteiger partial charge in [-0.1, -0.05) is 19.1 Å². The fourth-order valence-corrected chi connectivity index (χ4v) is 2.27. The average molecular weight is 293 g/mol. The molecule has 0 radical (unpaired) electrons. The summed E-state index contributed by atoms with van der Waals surface area (Å²) in [5, 5.41) is 11.5. The standard InChI is InChI=1S/C15H19NO3S/c1-3-20-10-11(2)16-15(19)13-6-4-5-12(9-13)7-8-14(17)18/h4-9,11H,3,10H2,1-2H3,(H,16,19)(H,17,18)/b8-7+. The first-order chi connectivity index (χ1) is 9.52. The van der Waals surface area contributed by atoms with Gasteiger partial charge in [0.2, 0.25) is 0 Å². The summed E-state index contributed by atoms with van der Waals surface area (Å²) in [5.41, 5.74) is 1.22. The molecule has 1 aromatic carbocycles. The monoisotopic (exact) mass is 293 g/mol. The van der Waals surface area contributed by atoms with Crippen LogP contribution in [0.4, 0.5) is 0 Å². The molecule has 0 aromatic heterocycles. The summed E-state index contributed by atoms with van der Waals surface area (Å²) in [5.74, 6) is 0.751. The van der Waals surface area contributed by atoms with Crippen LogP contribution >= 0.6 is 11.8 Å². The lowest BCUT2D eigenvalue weighted by Gasteiger charge is -2.13. The van der Waals surface area contributed by atoms with E-state index in [-0.39, 0.29) is 11.9 Å². The number of carbonyl (C=O) groups is 2. The molecule has 0 spiro atoms. The van der Waals surface area contributed by atoms with Crippen LogP contribution in [0.1, 0.15) is 29.8 Å². The van der Waals surface area contributed by atoms with Gasteiger partial charge in [-0.3, -0.25) is 4.79 Å². The topological polar surface area (TPSA) is 66.4 Å². The second kappa shape index (κ2) is 8.43. The van der Waals surface area contributed by atoms with E-state index in [1.54, 1.807) is 36.0 Å². The molecule has 0 bridgehead atoms. The predicted octanol–water partition coefficient (Wildman–Crippen LogP) is 2.66. The Morgan fingerprint density at radius 1 is 1.45 bits per heavy atom. The third kappa shape index (κ3) is 5.93. The lowest BCUT2D eigenvalue weighted by Crippen LogP contribution is -2.34. The Hall–Kier alpha value is -1.75. The molecule has 20 heavy (non-hydrogen) atoms. The highest BCUT2D eigenvalue weighted by molar-refractivity contribution is 7.99. The Morgan fingerprint density at radius 2 is 2.20 bits per heavy atom. The van der Waals surface area contributed by atoms with Crippen LogP contribution in [-0.4, -0.2) is 34.5 Å². The lowest BCUT2D eigenvalue weighted by molar-refractivity contribution is -0.131. The second-order valence-corrected chi connectivity index (χ2v) is 5.65. The van der Waals surface area contributed by atoms with Crippen LogP contribution in [0.3, 0.4) is 0 Å². The molecule has 1 aromatic rings. The summed E-state index contributed by atoms with van der Waals surface area (Å²) in [6.45, 7) is 4.05. The second-order valence-electron chi connectivity index (χ2n) is 4.33. The van der Waals surface area contributed by atoms with Gasteiger partial charge in [-0.15, -0.1) is 0 Å². The van der Waals surface area contributed by atoms with Crippen LogP contribution in [0.15, 0.2) is 30.3 Å². The zero-order chi connectivity index (χ0) is 15.0. The fraction of sp³-hybridized carbons (Fsp3) is 0.333. The predicted molar refractivity (Wildman–Crippen MR) is 83.0 cm³/mol. The third-order valence-electron chi connectivity index (χ3n) is 2.52. The molecule has 1 rings (SSSR count). The van der Waals surface area contributed by atoms with E-state index in [4.69, 9.17) is 5.11 Å². The van der Waals surface area contributed by atoms with Crippen molar-refractivity contribution in [1.29, 1.82) is 0 Å². The summed E-state index contributed by atoms with van der Waals surface area (Å²) in [6, 6.07) is 6.99. The number of benzene rings is 1. The van der Waals surface area contributed by atoms with Crippen LogP contribution in [0.25, 0.3) is 6.08 Å². The number of carboxylic acids is 1. The number of carbonyl (C=O) groups excluding carboxylic acids is 1. The molecule has 0 heterocycles. The van der Waals surface area contributed by atoms with Crippen molar-refractivity contribution in [2.24, 2.45) is 0 Å². The van der Waals surface area contributed by atoms with E-state index in [1.807, 2.05) is 6.92 Å². The zero-order valence-electron chi connectivity index (χ0n) is 11.6. The molecule has 0 saturated carbocycles. The molecule has 2 N–H and O–H groups in total. The van der Waals surface area contributed by atoms with Crippen LogP contribution < -0.4 is 5.32 Å². The summed E-state index contributed by atoms with van der Waals surface area (Å²) in [6.07, 6.45) is 2.52. The van der Waals surface area contributed by atoms with Crippen LogP contribution in [0.5, 0.6) is 0 Å². The molecule has 1 amide bonds. The maximum absolute atomic E-state index is 12.0. The third-order valence-corrected chi connectivity index (χ3v) is 3.66. The molecule has 5 heteroatoms. The smallest absolute Gasteiger partial charge is 0.328 e. The van der Waals surface area contributed by atoms with Crippen molar-refractivity contribution >= 4 is 29.7 Å². The van der Waals surface area contributed by atoms with Crippen LogP contribution in [-0.2, 0) is 4.79 Å². The van der Waals surface area contributed by atoms with Gasteiger partial charge in [0.15, 0.2) is 0 Å². The van der Waals surface area contributed by atoms with E-state index < -0.39 is 5.97 Å². The van der Waals surface area contributed by atoms with E-state index in [2.05, 4.69) is 12.2 Å². The Kier molecular flexibility index (Phi) is 6.87. The minimum Gasteiger partial charge on any atom is -0.478 e. The molecular formula is C15H19NO3S. The molecular weight excluding hydrogens is 274 g/mol. The molecule has 0 saturated heterocycles. The average Bonchev–Trinajstić information content (AvgIpc) is 2.43. The number of thioether (sulfide) groups is 1. The SMILES string of the molecule is CCSCC(C)NC(=O)c1cccc(/C=C/C(=O)O)c1. The zero-order valence-corrected chi connectivity index (χ0v) is 12.4. The van der Waals surface area contributed by atoms with Crippen molar-refractivity contribution in [3.63, 3.8) is 0 Å². The normalized spacial score (nSPS) is 12.3. The molecule has 0 aliphatic heterocycles. The Bertz CT molecular complexity index is 500. The Labute approximate surface area is 123 Å². The summed E-state index contributed by atoms with van der Waals surface area (Å²) >= 11 is 1.78. The molecule has 108 valence electrons. The van der Waals surface area contributed by atoms with Gasteiger partial charge in [0, 0.05) is 23.4 Å². The van der Waals surface area contributed by atoms with Gasteiger partial charge in [0.1, 0.15) is 0 Å². The molecule has 1 atom stereocenters. The first kappa shape index (κ1) is 16.3. The molecule has 0 aliphatic carbocycles. The number of aliphatic carboxylic acids is 1. The molecule has 0 aliphatic rings. The highest BCUT2D eigenvalue weighted by Gasteiger charge is 2.09. The van der Waals surface area contributed by atoms with Crippen LogP contribution in [0, 0.1) is 0 Å². The summed E-state index contributed by atoms with van der Waals surface area (Å²) in [4.78, 5) is 22.5. The van der Waals surface area contributed by atoms with Crippen molar-refractivity contribution in [1.82, 2.24) is 5.32 Å². The Morgan fingerprint density at radius 3 is 2.85 bits per heavy atom. The Balaban J connectivity index is 2.68. The summed E-state index contributed by atoms with van der Waals surface area (Å²) < 4.78 is 0. The maximum Gasteiger partial charge on any atom is 0.328 e. The largest absolute Gasteiger partial charge is 0.478 e. The van der Waals surface area contributed by atoms with Crippen molar-refractivity contribution in [3.8, 4) is 0 Å². The van der Waals surface area contributed by atoms with Gasteiger partial charge in [-0.25, -0.2) is 4.79 Å². The van der Waals surface area contributed by atoms with Gasteiger partial charge >= 0.3 is 5.97 Å². The molecule has 4 nitrogen and oxygen atoms in total. The number of hydrogen-bond acceptors (Lipinski definition) is 3. The fourth-order valence-electron chi connectivity index (χ4n) is 1.59. The first-order valence-corrected chi connectivity index (χ1v) is 7.58. The highest BCUT2D eigenvalue weighted by atomic mass is 32.2. The number of hydrogen-bond donors (Lipinski definition) is 2. The molecule has 1 unspecified atom stereocenters. The van der Waals surface area contributed by atoms with Crippen molar-refractivity contribution in [2.75, 3.05) is 11.5 Å². The quantitative estimate of drug-likeness (QED) is 0.759. The lowest BCUT2D eigenvalue weighted by atomic mass is 10.1. The van der Waals surface area contributed by atoms with E-state index >= 15 is 0 Å². The van der Waals surface area contributed by atoms with Gasteiger partial charge in [0.25, 0.3) is 5.91 Å². The number of amides is 1. The van der Waals surface area contributed by atoms with E-state index in [9.17, 15) is 9.59 Å². The van der Waals surface area contributed by atoms with Gasteiger partial charge < -0.3 is 10.4 Å². The van der Waals surface area contributed by atoms with Crippen molar-refractivity contribution < 1.29 is 14.7 Å². The number of carboxylic acid groups (broad SMARTS) is 1. The summed E-state index contributed by atoms with van der Waals surface area (Å²) in [7, 11) is 0. The molecule has 0 fully saturated rings. The maximum atomic E-state index is 12.0. The number of nitrogens with one attached hydrogen (secondary N) is 1. The van der Waals surface area contributed by atoms with Crippen molar-refractivity contribution in [3.05, 3.63) is 41.5 Å². The van der Waals surface area contributed by atoms with Gasteiger partial charge in [0.05, 0.1) is 0 Å². The van der Waals surface area contributed by atoms with E-state index in [1.165, 1.54) is 6.08 Å². The van der Waals surface area contributed by atoms with E-state index in [0.717, 1.165) is 17.6 Å². The minimum atomic E-state index is -1.01. The highest BCUT2D eigenvalue weighted by Crippen LogP contribution is 2.08. The van der Waals surface area contributed by atoms with Gasteiger partial charge in [-0.05, 0) is 36.4 Å². The van der Waals surface area contributed by atoms with Crippen molar-refractivity contribution in [2.45, 2.75) is 19.9 Å². The first-order valence-electron chi connectivity index (χ1n) is 6.42. The van der Waals surface area contributed by atoms with E-state index in [0.29, 0.717) is 11.1 Å². The number of rotatable bonds is 7. The van der Waals surface area contributed by atoms with Crippen LogP contribution in [0.2, 0.25) is 0 Å².